The Labute approximate surface area is 114 Å². The summed E-state index contributed by atoms with van der Waals surface area (Å²) in [4.78, 5) is 13.6. The first-order valence-electron chi connectivity index (χ1n) is 6.36. The minimum atomic E-state index is -4.74. The van der Waals surface area contributed by atoms with Crippen molar-refractivity contribution in [2.24, 2.45) is 0 Å². The van der Waals surface area contributed by atoms with Crippen molar-refractivity contribution >= 4 is 11.7 Å². The van der Waals surface area contributed by atoms with E-state index in [9.17, 15) is 18.0 Å². The first kappa shape index (κ1) is 14.5. The number of nitrogens with zero attached hydrogens (tertiary/aromatic N) is 1. The molecule has 1 aromatic rings. The zero-order valence-electron chi connectivity index (χ0n) is 10.7. The van der Waals surface area contributed by atoms with Gasteiger partial charge in [-0.3, -0.25) is 0 Å². The Morgan fingerprint density at radius 2 is 1.90 bits per heavy atom. The summed E-state index contributed by atoms with van der Waals surface area (Å²) in [5, 5.41) is 2.58. The summed E-state index contributed by atoms with van der Waals surface area (Å²) < 4.78 is 40.1. The number of alkyl halides is 3. The molecule has 4 nitrogen and oxygen atoms in total. The molecule has 1 aromatic carbocycles. The lowest BCUT2D eigenvalue weighted by molar-refractivity contribution is -0.274. The number of likely N-dealkylation sites (tertiary alicyclic amines) is 1. The molecule has 7 heteroatoms. The second-order valence-electron chi connectivity index (χ2n) is 4.55. The van der Waals surface area contributed by atoms with Gasteiger partial charge in [0.1, 0.15) is 5.75 Å². The summed E-state index contributed by atoms with van der Waals surface area (Å²) in [6, 6.07) is 4.95. The largest absolute Gasteiger partial charge is 0.573 e. The zero-order chi connectivity index (χ0) is 14.6. The monoisotopic (exact) mass is 288 g/mol. The highest BCUT2D eigenvalue weighted by molar-refractivity contribution is 5.89. The van der Waals surface area contributed by atoms with E-state index in [1.54, 1.807) is 4.90 Å². The Balaban J connectivity index is 1.98. The van der Waals surface area contributed by atoms with Crippen LogP contribution in [0.5, 0.6) is 5.75 Å². The maximum Gasteiger partial charge on any atom is 0.573 e. The highest BCUT2D eigenvalue weighted by Gasteiger charge is 2.31. The molecule has 0 unspecified atom stereocenters. The van der Waals surface area contributed by atoms with Gasteiger partial charge in [-0.25, -0.2) is 4.79 Å². The van der Waals surface area contributed by atoms with Crippen LogP contribution in [0.15, 0.2) is 24.3 Å². The van der Waals surface area contributed by atoms with Gasteiger partial charge in [0.05, 0.1) is 0 Å². The summed E-state index contributed by atoms with van der Waals surface area (Å²) >= 11 is 0. The average Bonchev–Trinajstić information content (AvgIpc) is 2.38. The number of carbonyl (C=O) groups is 1. The number of ether oxygens (including phenoxy) is 1. The smallest absolute Gasteiger partial charge is 0.406 e. The van der Waals surface area contributed by atoms with Crippen LogP contribution in [0.2, 0.25) is 0 Å². The molecule has 0 aliphatic carbocycles. The van der Waals surface area contributed by atoms with E-state index in [1.165, 1.54) is 18.2 Å². The van der Waals surface area contributed by atoms with Crippen molar-refractivity contribution in [3.8, 4) is 5.75 Å². The average molecular weight is 288 g/mol. The van der Waals surface area contributed by atoms with Gasteiger partial charge < -0.3 is 15.0 Å². The number of carbonyl (C=O) groups excluding carboxylic acids is 1. The lowest BCUT2D eigenvalue weighted by Crippen LogP contribution is -2.38. The summed E-state index contributed by atoms with van der Waals surface area (Å²) in [5.41, 5.74) is 0.280. The minimum absolute atomic E-state index is 0.280. The number of anilines is 1. The number of urea groups is 1. The molecule has 1 fully saturated rings. The van der Waals surface area contributed by atoms with Crippen LogP contribution in [-0.4, -0.2) is 30.4 Å². The maximum atomic E-state index is 12.1. The van der Waals surface area contributed by atoms with Gasteiger partial charge in [0, 0.05) is 24.8 Å². The Kier molecular flexibility index (Phi) is 4.36. The van der Waals surface area contributed by atoms with Crippen LogP contribution >= 0.6 is 0 Å². The Hall–Kier alpha value is -1.92. The van der Waals surface area contributed by atoms with Crippen molar-refractivity contribution < 1.29 is 22.7 Å². The predicted octanol–water partition coefficient (Wildman–Crippen LogP) is 3.60. The number of nitrogens with one attached hydrogen (secondary N) is 1. The van der Waals surface area contributed by atoms with E-state index in [0.717, 1.165) is 25.3 Å². The minimum Gasteiger partial charge on any atom is -0.406 e. The van der Waals surface area contributed by atoms with Crippen molar-refractivity contribution in [3.05, 3.63) is 24.3 Å². The lowest BCUT2D eigenvalue weighted by atomic mass is 10.1. The molecule has 0 atom stereocenters. The lowest BCUT2D eigenvalue weighted by Gasteiger charge is -2.26. The van der Waals surface area contributed by atoms with Crippen LogP contribution in [0.4, 0.5) is 23.7 Å². The van der Waals surface area contributed by atoms with E-state index in [0.29, 0.717) is 13.1 Å². The van der Waals surface area contributed by atoms with Gasteiger partial charge in [-0.2, -0.15) is 0 Å². The van der Waals surface area contributed by atoms with Crippen molar-refractivity contribution in [2.75, 3.05) is 18.4 Å². The SMILES string of the molecule is O=C(Nc1cccc(OC(F)(F)F)c1)N1CCCCC1. The number of halogens is 3. The highest BCUT2D eigenvalue weighted by Crippen LogP contribution is 2.25. The molecule has 0 spiro atoms. The molecule has 20 heavy (non-hydrogen) atoms. The van der Waals surface area contributed by atoms with Gasteiger partial charge in [-0.05, 0) is 31.4 Å². The van der Waals surface area contributed by atoms with E-state index in [-0.39, 0.29) is 17.5 Å². The fraction of sp³-hybridized carbons (Fsp3) is 0.462. The Morgan fingerprint density at radius 1 is 1.20 bits per heavy atom. The number of hydrogen-bond acceptors (Lipinski definition) is 2. The third-order valence-electron chi connectivity index (χ3n) is 2.96. The molecule has 2 rings (SSSR count). The standard InChI is InChI=1S/C13H15F3N2O2/c14-13(15,16)20-11-6-4-5-10(9-11)17-12(19)18-7-2-1-3-8-18/h4-6,9H,1-3,7-8H2,(H,17,19). The third kappa shape index (κ3) is 4.32. The fourth-order valence-electron chi connectivity index (χ4n) is 2.07. The number of amides is 2. The van der Waals surface area contributed by atoms with Gasteiger partial charge in [0.15, 0.2) is 0 Å². The molecular formula is C13H15F3N2O2. The predicted molar refractivity (Wildman–Crippen MR) is 67.6 cm³/mol. The Bertz CT molecular complexity index is 471. The number of rotatable bonds is 2. The van der Waals surface area contributed by atoms with E-state index in [2.05, 4.69) is 10.1 Å². The van der Waals surface area contributed by atoms with Crippen molar-refractivity contribution in [1.29, 1.82) is 0 Å². The van der Waals surface area contributed by atoms with Gasteiger partial charge in [-0.1, -0.05) is 6.07 Å². The second-order valence-corrected chi connectivity index (χ2v) is 4.55. The summed E-state index contributed by atoms with van der Waals surface area (Å²) in [6.45, 7) is 1.34. The summed E-state index contributed by atoms with van der Waals surface area (Å²) in [5.74, 6) is -0.353. The van der Waals surface area contributed by atoms with Crippen LogP contribution in [0.25, 0.3) is 0 Å². The van der Waals surface area contributed by atoms with Crippen LogP contribution in [0, 0.1) is 0 Å². The van der Waals surface area contributed by atoms with Crippen molar-refractivity contribution in [1.82, 2.24) is 4.90 Å². The third-order valence-corrected chi connectivity index (χ3v) is 2.96. The molecule has 1 N–H and O–H groups in total. The quantitative estimate of drug-likeness (QED) is 0.903. The normalized spacial score (nSPS) is 15.8. The van der Waals surface area contributed by atoms with Crippen LogP contribution < -0.4 is 10.1 Å². The summed E-state index contributed by atoms with van der Waals surface area (Å²) in [6.07, 6.45) is -1.75. The Morgan fingerprint density at radius 3 is 2.55 bits per heavy atom. The second kappa shape index (κ2) is 6.02. The molecule has 1 aliphatic heterocycles. The zero-order valence-corrected chi connectivity index (χ0v) is 10.7. The van der Waals surface area contributed by atoms with E-state index >= 15 is 0 Å². The molecule has 0 radical (unpaired) electrons. The number of piperidine rings is 1. The van der Waals surface area contributed by atoms with Crippen molar-refractivity contribution in [2.45, 2.75) is 25.6 Å². The fourth-order valence-corrected chi connectivity index (χ4v) is 2.07. The molecule has 1 aliphatic rings. The first-order chi connectivity index (χ1) is 9.44. The van der Waals surface area contributed by atoms with E-state index < -0.39 is 6.36 Å². The van der Waals surface area contributed by atoms with E-state index in [4.69, 9.17) is 0 Å². The topological polar surface area (TPSA) is 41.6 Å². The molecule has 110 valence electrons. The molecule has 2 amide bonds. The van der Waals surface area contributed by atoms with Crippen LogP contribution in [0.1, 0.15) is 19.3 Å². The first-order valence-corrected chi connectivity index (χ1v) is 6.36. The van der Waals surface area contributed by atoms with Crippen molar-refractivity contribution in [3.63, 3.8) is 0 Å². The molecule has 1 heterocycles. The van der Waals surface area contributed by atoms with Gasteiger partial charge >= 0.3 is 12.4 Å². The van der Waals surface area contributed by atoms with E-state index in [1.807, 2.05) is 0 Å². The van der Waals surface area contributed by atoms with Gasteiger partial charge in [-0.15, -0.1) is 13.2 Å². The summed E-state index contributed by atoms with van der Waals surface area (Å²) in [7, 11) is 0. The molecular weight excluding hydrogens is 273 g/mol. The molecule has 0 aromatic heterocycles. The van der Waals surface area contributed by atoms with Crippen LogP contribution in [-0.2, 0) is 0 Å². The molecule has 1 saturated heterocycles. The molecule has 0 bridgehead atoms. The number of hydrogen-bond donors (Lipinski definition) is 1. The maximum absolute atomic E-state index is 12.1. The molecule has 0 saturated carbocycles. The van der Waals surface area contributed by atoms with Gasteiger partial charge in [0.2, 0.25) is 0 Å². The van der Waals surface area contributed by atoms with Crippen LogP contribution in [0.3, 0.4) is 0 Å². The number of benzene rings is 1. The van der Waals surface area contributed by atoms with Gasteiger partial charge in [0.25, 0.3) is 0 Å². The highest BCUT2D eigenvalue weighted by atomic mass is 19.4.